The lowest BCUT2D eigenvalue weighted by atomic mass is 10.1. The van der Waals surface area contributed by atoms with Crippen molar-refractivity contribution in [3.8, 4) is 0 Å². The van der Waals surface area contributed by atoms with Gasteiger partial charge in [0.2, 0.25) is 0 Å². The molecule has 0 heterocycles. The maximum Gasteiger partial charge on any atom is 0.143 e. The van der Waals surface area contributed by atoms with E-state index in [0.717, 1.165) is 0 Å². The minimum absolute atomic E-state index is 0.0954. The Bertz CT molecular complexity index is 302. The molecule has 0 fully saturated rings. The van der Waals surface area contributed by atoms with Crippen LogP contribution in [0.15, 0.2) is 16.6 Å². The van der Waals surface area contributed by atoms with E-state index in [1.54, 1.807) is 0 Å². The Balaban J connectivity index is 2.90. The van der Waals surface area contributed by atoms with E-state index >= 15 is 0 Å². The van der Waals surface area contributed by atoms with Crippen molar-refractivity contribution in [2.24, 2.45) is 5.73 Å². The summed E-state index contributed by atoms with van der Waals surface area (Å²) in [7, 11) is 0. The minimum Gasteiger partial charge on any atom is -0.330 e. The molecule has 0 unspecified atom stereocenters. The summed E-state index contributed by atoms with van der Waals surface area (Å²) in [5, 5.41) is 0. The van der Waals surface area contributed by atoms with Gasteiger partial charge in [-0.05, 0) is 46.9 Å². The maximum absolute atomic E-state index is 13.3. The van der Waals surface area contributed by atoms with Gasteiger partial charge < -0.3 is 5.73 Å². The van der Waals surface area contributed by atoms with Crippen molar-refractivity contribution >= 4 is 15.9 Å². The molecular weight excluding hydrogens is 240 g/mol. The summed E-state index contributed by atoms with van der Waals surface area (Å²) in [6.45, 7) is 0.508. The third-order valence-corrected chi connectivity index (χ3v) is 2.49. The van der Waals surface area contributed by atoms with Gasteiger partial charge in [0.1, 0.15) is 11.6 Å². The maximum atomic E-state index is 13.3. The van der Waals surface area contributed by atoms with Crippen molar-refractivity contribution in [2.75, 3.05) is 6.54 Å². The molecule has 0 saturated carbocycles. The van der Waals surface area contributed by atoms with Crippen LogP contribution < -0.4 is 5.73 Å². The molecular formula is C9H10BrF2N. The first kappa shape index (κ1) is 10.6. The second-order valence-corrected chi connectivity index (χ2v) is 3.52. The normalized spacial score (nSPS) is 10.5. The highest BCUT2D eigenvalue weighted by Crippen LogP contribution is 2.23. The molecule has 1 rings (SSSR count). The molecule has 13 heavy (non-hydrogen) atoms. The van der Waals surface area contributed by atoms with E-state index < -0.39 is 11.6 Å². The lowest BCUT2D eigenvalue weighted by Crippen LogP contribution is -2.02. The second-order valence-electron chi connectivity index (χ2n) is 2.73. The van der Waals surface area contributed by atoms with Gasteiger partial charge in [-0.1, -0.05) is 6.07 Å². The first-order chi connectivity index (χ1) is 6.16. The number of nitrogens with two attached hydrogens (primary N) is 1. The molecule has 1 aromatic rings. The van der Waals surface area contributed by atoms with Gasteiger partial charge in [-0.15, -0.1) is 0 Å². The zero-order valence-corrected chi connectivity index (χ0v) is 8.57. The molecule has 0 aliphatic carbocycles. The lowest BCUT2D eigenvalue weighted by molar-refractivity contribution is 0.558. The molecule has 1 nitrogen and oxygen atoms in total. The Labute approximate surface area is 84.1 Å². The topological polar surface area (TPSA) is 26.0 Å². The molecule has 4 heteroatoms. The van der Waals surface area contributed by atoms with Crippen LogP contribution >= 0.6 is 15.9 Å². The van der Waals surface area contributed by atoms with Gasteiger partial charge in [0, 0.05) is 0 Å². The minimum atomic E-state index is -0.575. The number of rotatable bonds is 3. The second kappa shape index (κ2) is 4.67. The molecule has 72 valence electrons. The molecule has 0 amide bonds. The van der Waals surface area contributed by atoms with Crippen LogP contribution in [0.25, 0.3) is 0 Å². The van der Waals surface area contributed by atoms with Crippen molar-refractivity contribution in [1.29, 1.82) is 0 Å². The van der Waals surface area contributed by atoms with E-state index in [1.807, 2.05) is 0 Å². The molecule has 0 saturated heterocycles. The molecule has 0 aliphatic heterocycles. The Morgan fingerprint density at radius 1 is 1.31 bits per heavy atom. The summed E-state index contributed by atoms with van der Waals surface area (Å²) in [6.07, 6.45) is 1.25. The van der Waals surface area contributed by atoms with Crippen LogP contribution in [0.5, 0.6) is 0 Å². The van der Waals surface area contributed by atoms with E-state index in [4.69, 9.17) is 5.73 Å². The fourth-order valence-corrected chi connectivity index (χ4v) is 1.44. The number of hydrogen-bond donors (Lipinski definition) is 1. The van der Waals surface area contributed by atoms with E-state index in [1.165, 1.54) is 12.1 Å². The van der Waals surface area contributed by atoms with Gasteiger partial charge in [-0.2, -0.15) is 0 Å². The van der Waals surface area contributed by atoms with Gasteiger partial charge in [0.05, 0.1) is 4.47 Å². The SMILES string of the molecule is NCCCc1ccc(F)c(Br)c1F. The molecule has 1 aromatic carbocycles. The highest BCUT2D eigenvalue weighted by Gasteiger charge is 2.09. The third-order valence-electron chi connectivity index (χ3n) is 1.77. The highest BCUT2D eigenvalue weighted by atomic mass is 79.9. The fourth-order valence-electron chi connectivity index (χ4n) is 1.05. The van der Waals surface area contributed by atoms with E-state index in [0.29, 0.717) is 24.9 Å². The van der Waals surface area contributed by atoms with Crippen LogP contribution in [0.3, 0.4) is 0 Å². The zero-order valence-electron chi connectivity index (χ0n) is 6.99. The molecule has 0 aromatic heterocycles. The summed E-state index contributed by atoms with van der Waals surface area (Å²) >= 11 is 2.84. The Hall–Kier alpha value is -0.480. The molecule has 0 radical (unpaired) electrons. The van der Waals surface area contributed by atoms with Crippen molar-refractivity contribution in [1.82, 2.24) is 0 Å². The Kier molecular flexibility index (Phi) is 3.81. The molecule has 0 bridgehead atoms. The predicted octanol–water partition coefficient (Wildman–Crippen LogP) is 2.62. The lowest BCUT2D eigenvalue weighted by Gasteiger charge is -2.04. The van der Waals surface area contributed by atoms with Crippen LogP contribution in [-0.4, -0.2) is 6.54 Å². The number of aryl methyl sites for hydroxylation is 1. The first-order valence-electron chi connectivity index (χ1n) is 3.99. The van der Waals surface area contributed by atoms with Crippen molar-refractivity contribution in [2.45, 2.75) is 12.8 Å². The van der Waals surface area contributed by atoms with Crippen molar-refractivity contribution in [3.63, 3.8) is 0 Å². The van der Waals surface area contributed by atoms with Crippen LogP contribution in [0, 0.1) is 11.6 Å². The smallest absolute Gasteiger partial charge is 0.143 e. The number of halogens is 3. The molecule has 0 aliphatic rings. The zero-order chi connectivity index (χ0) is 9.84. The summed E-state index contributed by atoms with van der Waals surface area (Å²) < 4.78 is 25.9. The van der Waals surface area contributed by atoms with Gasteiger partial charge in [0.15, 0.2) is 0 Å². The fraction of sp³-hybridized carbons (Fsp3) is 0.333. The third kappa shape index (κ3) is 2.48. The standard InChI is InChI=1S/C9H10BrF2N/c10-8-7(11)4-3-6(9(8)12)2-1-5-13/h3-4H,1-2,5,13H2. The van der Waals surface area contributed by atoms with Crippen molar-refractivity contribution in [3.05, 3.63) is 33.8 Å². The van der Waals surface area contributed by atoms with Crippen LogP contribution in [-0.2, 0) is 6.42 Å². The van der Waals surface area contributed by atoms with Crippen LogP contribution in [0.2, 0.25) is 0 Å². The quantitative estimate of drug-likeness (QED) is 0.820. The summed E-state index contributed by atoms with van der Waals surface area (Å²) in [6, 6.07) is 2.70. The molecule has 0 spiro atoms. The summed E-state index contributed by atoms with van der Waals surface area (Å²) in [4.78, 5) is 0. The van der Waals surface area contributed by atoms with Gasteiger partial charge >= 0.3 is 0 Å². The van der Waals surface area contributed by atoms with Crippen LogP contribution in [0.4, 0.5) is 8.78 Å². The number of benzene rings is 1. The van der Waals surface area contributed by atoms with Crippen molar-refractivity contribution < 1.29 is 8.78 Å². The Morgan fingerprint density at radius 3 is 2.62 bits per heavy atom. The summed E-state index contributed by atoms with van der Waals surface area (Å²) in [5.74, 6) is -1.09. The predicted molar refractivity (Wildman–Crippen MR) is 51.4 cm³/mol. The van der Waals surface area contributed by atoms with E-state index in [2.05, 4.69) is 15.9 Å². The van der Waals surface area contributed by atoms with Gasteiger partial charge in [-0.3, -0.25) is 0 Å². The van der Waals surface area contributed by atoms with Gasteiger partial charge in [0.25, 0.3) is 0 Å². The molecule has 0 atom stereocenters. The largest absolute Gasteiger partial charge is 0.330 e. The Morgan fingerprint density at radius 2 is 2.00 bits per heavy atom. The average molecular weight is 250 g/mol. The number of hydrogen-bond acceptors (Lipinski definition) is 1. The summed E-state index contributed by atoms with van der Waals surface area (Å²) in [5.41, 5.74) is 5.78. The van der Waals surface area contributed by atoms with E-state index in [9.17, 15) is 8.78 Å². The average Bonchev–Trinajstić information content (AvgIpc) is 2.13. The molecule has 2 N–H and O–H groups in total. The first-order valence-corrected chi connectivity index (χ1v) is 4.78. The highest BCUT2D eigenvalue weighted by molar-refractivity contribution is 9.10. The van der Waals surface area contributed by atoms with Crippen LogP contribution in [0.1, 0.15) is 12.0 Å². The van der Waals surface area contributed by atoms with E-state index in [-0.39, 0.29) is 4.47 Å². The van der Waals surface area contributed by atoms with Gasteiger partial charge in [-0.25, -0.2) is 8.78 Å². The monoisotopic (exact) mass is 249 g/mol.